The van der Waals surface area contributed by atoms with Crippen LogP contribution in [0.5, 0.6) is 5.75 Å². The number of benzene rings is 1. The first-order valence-electron chi connectivity index (χ1n) is 6.99. The van der Waals surface area contributed by atoms with E-state index in [4.69, 9.17) is 4.74 Å². The molecule has 1 saturated heterocycles. The summed E-state index contributed by atoms with van der Waals surface area (Å²) in [5.74, 6) is 0.00524. The zero-order valence-electron chi connectivity index (χ0n) is 11.9. The van der Waals surface area contributed by atoms with Crippen molar-refractivity contribution in [2.75, 3.05) is 13.7 Å². The zero-order valence-corrected chi connectivity index (χ0v) is 11.9. The Morgan fingerprint density at radius 1 is 1.50 bits per heavy atom. The molecule has 1 heterocycles. The summed E-state index contributed by atoms with van der Waals surface area (Å²) in [5, 5.41) is 6.04. The predicted octanol–water partition coefficient (Wildman–Crippen LogP) is 2.15. The summed E-state index contributed by atoms with van der Waals surface area (Å²) < 4.78 is 19.1. The monoisotopic (exact) mass is 280 g/mol. The van der Waals surface area contributed by atoms with Gasteiger partial charge in [-0.2, -0.15) is 0 Å². The summed E-state index contributed by atoms with van der Waals surface area (Å²) in [4.78, 5) is 12.2. The third-order valence-electron chi connectivity index (χ3n) is 3.65. The van der Waals surface area contributed by atoms with Crippen LogP contribution in [0.15, 0.2) is 18.2 Å². The lowest BCUT2D eigenvalue weighted by molar-refractivity contribution is -0.124. The first-order valence-corrected chi connectivity index (χ1v) is 6.99. The van der Waals surface area contributed by atoms with Crippen LogP contribution in [-0.2, 0) is 4.79 Å². The van der Waals surface area contributed by atoms with Crippen LogP contribution in [0.25, 0.3) is 0 Å². The van der Waals surface area contributed by atoms with Gasteiger partial charge in [0.1, 0.15) is 11.6 Å². The molecule has 1 fully saturated rings. The predicted molar refractivity (Wildman–Crippen MR) is 75.2 cm³/mol. The maximum atomic E-state index is 13.9. The second kappa shape index (κ2) is 6.70. The number of ether oxygens (including phenoxy) is 1. The fraction of sp³-hybridized carbons (Fsp3) is 0.533. The first-order chi connectivity index (χ1) is 9.63. The Labute approximate surface area is 118 Å². The lowest BCUT2D eigenvalue weighted by Gasteiger charge is -2.25. The molecule has 2 atom stereocenters. The second-order valence-corrected chi connectivity index (χ2v) is 5.09. The van der Waals surface area contributed by atoms with Crippen molar-refractivity contribution in [2.45, 2.75) is 38.3 Å². The standard InChI is InChI=1S/C15H21FN2O2/c1-10(14-11(16)6-5-8-13(14)20-2)18-15(19)12-7-3-4-9-17-12/h5-6,8,10,12,17H,3-4,7,9H2,1-2H3,(H,18,19). The Balaban J connectivity index is 2.07. The molecule has 110 valence electrons. The topological polar surface area (TPSA) is 50.4 Å². The summed E-state index contributed by atoms with van der Waals surface area (Å²) in [6, 6.07) is 4.06. The fourth-order valence-corrected chi connectivity index (χ4v) is 2.58. The molecule has 0 aliphatic carbocycles. The molecule has 2 unspecified atom stereocenters. The Bertz CT molecular complexity index is 473. The third kappa shape index (κ3) is 3.28. The van der Waals surface area contributed by atoms with E-state index in [1.807, 2.05) is 0 Å². The van der Waals surface area contributed by atoms with Gasteiger partial charge in [0, 0.05) is 0 Å². The molecule has 1 amide bonds. The van der Waals surface area contributed by atoms with Gasteiger partial charge in [0.2, 0.25) is 5.91 Å². The highest BCUT2D eigenvalue weighted by molar-refractivity contribution is 5.82. The van der Waals surface area contributed by atoms with Gasteiger partial charge in [-0.15, -0.1) is 0 Å². The summed E-state index contributed by atoms with van der Waals surface area (Å²) >= 11 is 0. The molecule has 5 heteroatoms. The van der Waals surface area contributed by atoms with Gasteiger partial charge in [0.15, 0.2) is 0 Å². The first kappa shape index (κ1) is 14.8. The van der Waals surface area contributed by atoms with E-state index in [9.17, 15) is 9.18 Å². The van der Waals surface area contributed by atoms with Crippen LogP contribution in [0.4, 0.5) is 4.39 Å². The Morgan fingerprint density at radius 3 is 2.95 bits per heavy atom. The lowest BCUT2D eigenvalue weighted by Crippen LogP contribution is -2.47. The number of amides is 1. The molecule has 1 aromatic rings. The van der Waals surface area contributed by atoms with Crippen molar-refractivity contribution in [3.05, 3.63) is 29.6 Å². The highest BCUT2D eigenvalue weighted by Gasteiger charge is 2.24. The molecule has 1 aliphatic rings. The maximum Gasteiger partial charge on any atom is 0.237 e. The third-order valence-corrected chi connectivity index (χ3v) is 3.65. The number of nitrogens with one attached hydrogen (secondary N) is 2. The van der Waals surface area contributed by atoms with Gasteiger partial charge < -0.3 is 15.4 Å². The Kier molecular flexibility index (Phi) is 4.95. The number of hydrogen-bond donors (Lipinski definition) is 2. The van der Waals surface area contributed by atoms with Crippen molar-refractivity contribution in [2.24, 2.45) is 0 Å². The summed E-state index contributed by atoms with van der Waals surface area (Å²) in [5.41, 5.74) is 0.388. The molecular formula is C15H21FN2O2. The summed E-state index contributed by atoms with van der Waals surface area (Å²) in [7, 11) is 1.50. The van der Waals surface area contributed by atoms with E-state index in [2.05, 4.69) is 10.6 Å². The molecule has 0 radical (unpaired) electrons. The molecule has 0 saturated carbocycles. The van der Waals surface area contributed by atoms with Crippen LogP contribution in [0, 0.1) is 5.82 Å². The summed E-state index contributed by atoms with van der Waals surface area (Å²) in [6.45, 7) is 2.62. The molecule has 1 aliphatic heterocycles. The highest BCUT2D eigenvalue weighted by atomic mass is 19.1. The molecule has 0 bridgehead atoms. The van der Waals surface area contributed by atoms with Crippen molar-refractivity contribution in [1.29, 1.82) is 0 Å². The van der Waals surface area contributed by atoms with Crippen molar-refractivity contribution in [3.8, 4) is 5.75 Å². The molecule has 0 aromatic heterocycles. The fourth-order valence-electron chi connectivity index (χ4n) is 2.58. The van der Waals surface area contributed by atoms with Crippen molar-refractivity contribution >= 4 is 5.91 Å². The van der Waals surface area contributed by atoms with E-state index in [-0.39, 0.29) is 17.8 Å². The van der Waals surface area contributed by atoms with E-state index < -0.39 is 6.04 Å². The van der Waals surface area contributed by atoms with Crippen LogP contribution >= 0.6 is 0 Å². The van der Waals surface area contributed by atoms with E-state index in [0.717, 1.165) is 25.8 Å². The van der Waals surface area contributed by atoms with Gasteiger partial charge in [-0.1, -0.05) is 12.5 Å². The maximum absolute atomic E-state index is 13.9. The minimum Gasteiger partial charge on any atom is -0.496 e. The molecule has 0 spiro atoms. The molecule has 1 aromatic carbocycles. The minimum atomic E-state index is -0.428. The minimum absolute atomic E-state index is 0.0810. The van der Waals surface area contributed by atoms with Crippen LogP contribution in [0.1, 0.15) is 37.8 Å². The van der Waals surface area contributed by atoms with Crippen molar-refractivity contribution in [3.63, 3.8) is 0 Å². The number of halogens is 1. The molecule has 2 rings (SSSR count). The molecular weight excluding hydrogens is 259 g/mol. The SMILES string of the molecule is COc1cccc(F)c1C(C)NC(=O)C1CCCCN1. The van der Waals surface area contributed by atoms with Crippen LogP contribution < -0.4 is 15.4 Å². The van der Waals surface area contributed by atoms with Gasteiger partial charge in [-0.3, -0.25) is 4.79 Å². The van der Waals surface area contributed by atoms with Crippen LogP contribution in [0.2, 0.25) is 0 Å². The van der Waals surface area contributed by atoms with E-state index >= 15 is 0 Å². The Morgan fingerprint density at radius 2 is 2.30 bits per heavy atom. The number of carbonyl (C=O) groups is 1. The van der Waals surface area contributed by atoms with Crippen LogP contribution in [0.3, 0.4) is 0 Å². The van der Waals surface area contributed by atoms with E-state index in [1.165, 1.54) is 13.2 Å². The molecule has 20 heavy (non-hydrogen) atoms. The smallest absolute Gasteiger partial charge is 0.237 e. The largest absolute Gasteiger partial charge is 0.496 e. The normalized spacial score (nSPS) is 20.2. The summed E-state index contributed by atoms with van der Waals surface area (Å²) in [6.07, 6.45) is 2.97. The van der Waals surface area contributed by atoms with Crippen molar-refractivity contribution in [1.82, 2.24) is 10.6 Å². The van der Waals surface area contributed by atoms with Gasteiger partial charge >= 0.3 is 0 Å². The quantitative estimate of drug-likeness (QED) is 0.888. The van der Waals surface area contributed by atoms with Gasteiger partial charge in [-0.05, 0) is 38.4 Å². The zero-order chi connectivity index (χ0) is 14.5. The van der Waals surface area contributed by atoms with E-state index in [0.29, 0.717) is 11.3 Å². The number of hydrogen-bond acceptors (Lipinski definition) is 3. The lowest BCUT2D eigenvalue weighted by atomic mass is 10.0. The molecule has 4 nitrogen and oxygen atoms in total. The van der Waals surface area contributed by atoms with Crippen LogP contribution in [-0.4, -0.2) is 25.6 Å². The van der Waals surface area contributed by atoms with Gasteiger partial charge in [-0.25, -0.2) is 4.39 Å². The number of methoxy groups -OCH3 is 1. The van der Waals surface area contributed by atoms with Gasteiger partial charge in [0.05, 0.1) is 24.8 Å². The number of carbonyl (C=O) groups excluding carboxylic acids is 1. The average Bonchev–Trinajstić information content (AvgIpc) is 2.47. The van der Waals surface area contributed by atoms with E-state index in [1.54, 1.807) is 19.1 Å². The highest BCUT2D eigenvalue weighted by Crippen LogP contribution is 2.27. The second-order valence-electron chi connectivity index (χ2n) is 5.09. The van der Waals surface area contributed by atoms with Crippen molar-refractivity contribution < 1.29 is 13.9 Å². The Hall–Kier alpha value is -1.62. The number of rotatable bonds is 4. The number of piperidine rings is 1. The average molecular weight is 280 g/mol. The van der Waals surface area contributed by atoms with Gasteiger partial charge in [0.25, 0.3) is 0 Å². The molecule has 2 N–H and O–H groups in total.